The Hall–Kier alpha value is -1.72. The molecule has 0 aliphatic heterocycles. The van der Waals surface area contributed by atoms with Gasteiger partial charge in [-0.1, -0.05) is 41.3 Å². The van der Waals surface area contributed by atoms with Crippen LogP contribution < -0.4 is 11.1 Å². The molecule has 0 spiro atoms. The van der Waals surface area contributed by atoms with Gasteiger partial charge >= 0.3 is 0 Å². The van der Waals surface area contributed by atoms with Crippen LogP contribution in [0.5, 0.6) is 0 Å². The standard InChI is InChI=1S/C16H20Cl2N4O/c1-4-15-13(10(3)23-22-15)8-20-16(19)21-9(2)12-6-5-11(17)7-14(12)18/h5-7,9H,4,8H2,1-3H3,(H3,19,20,21). The Labute approximate surface area is 145 Å². The van der Waals surface area contributed by atoms with E-state index < -0.39 is 0 Å². The molecule has 2 aromatic rings. The third kappa shape index (κ3) is 4.39. The largest absolute Gasteiger partial charge is 0.370 e. The summed E-state index contributed by atoms with van der Waals surface area (Å²) >= 11 is 12.1. The topological polar surface area (TPSA) is 76.4 Å². The molecule has 124 valence electrons. The fourth-order valence-corrected chi connectivity index (χ4v) is 2.85. The first-order chi connectivity index (χ1) is 10.9. The second-order valence-corrected chi connectivity index (χ2v) is 6.09. The van der Waals surface area contributed by atoms with Crippen LogP contribution >= 0.6 is 23.2 Å². The minimum absolute atomic E-state index is 0.0854. The first kappa shape index (κ1) is 17.6. The van der Waals surface area contributed by atoms with E-state index >= 15 is 0 Å². The number of aryl methyl sites for hydroxylation is 2. The van der Waals surface area contributed by atoms with Crippen LogP contribution in [0, 0.1) is 6.92 Å². The van der Waals surface area contributed by atoms with Crippen molar-refractivity contribution in [2.75, 3.05) is 0 Å². The third-order valence-electron chi connectivity index (χ3n) is 3.60. The van der Waals surface area contributed by atoms with Gasteiger partial charge in [0.2, 0.25) is 0 Å². The van der Waals surface area contributed by atoms with Crippen molar-refractivity contribution in [3.8, 4) is 0 Å². The number of benzene rings is 1. The Morgan fingerprint density at radius 2 is 2.17 bits per heavy atom. The molecule has 0 saturated carbocycles. The van der Waals surface area contributed by atoms with Gasteiger partial charge in [-0.2, -0.15) is 0 Å². The summed E-state index contributed by atoms with van der Waals surface area (Å²) in [5, 5.41) is 8.32. The molecule has 1 aromatic carbocycles. The number of nitrogens with one attached hydrogen (secondary N) is 1. The number of hydrogen-bond donors (Lipinski definition) is 2. The van der Waals surface area contributed by atoms with E-state index in [0.717, 1.165) is 29.0 Å². The highest BCUT2D eigenvalue weighted by Crippen LogP contribution is 2.26. The summed E-state index contributed by atoms with van der Waals surface area (Å²) in [5.41, 5.74) is 8.77. The molecule has 0 aliphatic rings. The highest BCUT2D eigenvalue weighted by Gasteiger charge is 2.12. The number of guanidine groups is 1. The maximum atomic E-state index is 6.20. The van der Waals surface area contributed by atoms with E-state index in [1.54, 1.807) is 12.1 Å². The van der Waals surface area contributed by atoms with Crippen LogP contribution in [-0.2, 0) is 13.0 Å². The minimum Gasteiger partial charge on any atom is -0.370 e. The number of nitrogens with two attached hydrogens (primary N) is 1. The van der Waals surface area contributed by atoms with Crippen molar-refractivity contribution in [1.82, 2.24) is 10.5 Å². The van der Waals surface area contributed by atoms with Gasteiger partial charge in [0.1, 0.15) is 5.76 Å². The van der Waals surface area contributed by atoms with Crippen LogP contribution in [0.4, 0.5) is 0 Å². The van der Waals surface area contributed by atoms with Gasteiger partial charge in [0.25, 0.3) is 0 Å². The molecule has 0 bridgehead atoms. The molecule has 1 heterocycles. The molecular formula is C16H20Cl2N4O. The number of aliphatic imine (C=N–C) groups is 1. The van der Waals surface area contributed by atoms with Gasteiger partial charge in [0.15, 0.2) is 5.96 Å². The van der Waals surface area contributed by atoms with E-state index in [0.29, 0.717) is 22.5 Å². The van der Waals surface area contributed by atoms with E-state index in [1.165, 1.54) is 0 Å². The summed E-state index contributed by atoms with van der Waals surface area (Å²) in [6, 6.07) is 5.28. The van der Waals surface area contributed by atoms with Crippen molar-refractivity contribution in [2.24, 2.45) is 10.7 Å². The lowest BCUT2D eigenvalue weighted by Crippen LogP contribution is -2.34. The number of halogens is 2. The van der Waals surface area contributed by atoms with Crippen LogP contribution in [-0.4, -0.2) is 11.1 Å². The summed E-state index contributed by atoms with van der Waals surface area (Å²) in [6.45, 7) is 6.28. The van der Waals surface area contributed by atoms with E-state index in [9.17, 15) is 0 Å². The minimum atomic E-state index is -0.0854. The monoisotopic (exact) mass is 354 g/mol. The van der Waals surface area contributed by atoms with Gasteiger partial charge < -0.3 is 15.6 Å². The Kier molecular flexibility index (Phi) is 5.91. The van der Waals surface area contributed by atoms with Crippen molar-refractivity contribution in [3.63, 3.8) is 0 Å². The fraction of sp³-hybridized carbons (Fsp3) is 0.375. The smallest absolute Gasteiger partial charge is 0.189 e. The molecule has 7 heteroatoms. The molecule has 1 aromatic heterocycles. The summed E-state index contributed by atoms with van der Waals surface area (Å²) in [7, 11) is 0. The molecule has 5 nitrogen and oxygen atoms in total. The lowest BCUT2D eigenvalue weighted by molar-refractivity contribution is 0.390. The van der Waals surface area contributed by atoms with Gasteiger partial charge in [-0.05, 0) is 38.0 Å². The average molecular weight is 355 g/mol. The Morgan fingerprint density at radius 1 is 1.43 bits per heavy atom. The normalized spacial score (nSPS) is 13.2. The lowest BCUT2D eigenvalue weighted by atomic mass is 10.1. The molecule has 23 heavy (non-hydrogen) atoms. The third-order valence-corrected chi connectivity index (χ3v) is 4.16. The zero-order valence-corrected chi connectivity index (χ0v) is 14.9. The predicted octanol–water partition coefficient (Wildman–Crippen LogP) is 4.02. The lowest BCUT2D eigenvalue weighted by Gasteiger charge is -2.16. The first-order valence-corrected chi connectivity index (χ1v) is 8.13. The maximum Gasteiger partial charge on any atom is 0.189 e. The van der Waals surface area contributed by atoms with Gasteiger partial charge in [0.05, 0.1) is 18.3 Å². The van der Waals surface area contributed by atoms with Gasteiger partial charge in [-0.25, -0.2) is 4.99 Å². The molecule has 0 amide bonds. The summed E-state index contributed by atoms with van der Waals surface area (Å²) in [5.74, 6) is 1.11. The molecule has 1 unspecified atom stereocenters. The number of hydrogen-bond acceptors (Lipinski definition) is 3. The van der Waals surface area contributed by atoms with E-state index in [4.69, 9.17) is 33.5 Å². The van der Waals surface area contributed by atoms with Crippen molar-refractivity contribution in [3.05, 3.63) is 50.8 Å². The average Bonchev–Trinajstić information content (AvgIpc) is 2.85. The maximum absolute atomic E-state index is 6.20. The van der Waals surface area contributed by atoms with Gasteiger partial charge in [-0.15, -0.1) is 0 Å². The van der Waals surface area contributed by atoms with Crippen LogP contribution in [0.2, 0.25) is 10.0 Å². The second kappa shape index (κ2) is 7.70. The highest BCUT2D eigenvalue weighted by atomic mass is 35.5. The Bertz CT molecular complexity index is 712. The Morgan fingerprint density at radius 3 is 2.83 bits per heavy atom. The zero-order valence-electron chi connectivity index (χ0n) is 13.4. The molecular weight excluding hydrogens is 335 g/mol. The van der Waals surface area contributed by atoms with Crippen LogP contribution in [0.25, 0.3) is 0 Å². The molecule has 3 N–H and O–H groups in total. The van der Waals surface area contributed by atoms with Crippen LogP contribution in [0.1, 0.15) is 42.5 Å². The molecule has 0 fully saturated rings. The van der Waals surface area contributed by atoms with Crippen molar-refractivity contribution < 1.29 is 4.52 Å². The molecule has 0 aliphatic carbocycles. The SMILES string of the molecule is CCc1noc(C)c1CN=C(N)NC(C)c1ccc(Cl)cc1Cl. The molecule has 0 radical (unpaired) electrons. The predicted molar refractivity (Wildman–Crippen MR) is 94.0 cm³/mol. The molecule has 2 rings (SSSR count). The molecule has 0 saturated heterocycles. The van der Waals surface area contributed by atoms with Crippen LogP contribution in [0.3, 0.4) is 0 Å². The highest BCUT2D eigenvalue weighted by molar-refractivity contribution is 6.35. The molecule has 1 atom stereocenters. The fourth-order valence-electron chi connectivity index (χ4n) is 2.28. The Balaban J connectivity index is 2.05. The summed E-state index contributed by atoms with van der Waals surface area (Å²) in [4.78, 5) is 4.36. The number of rotatable bonds is 5. The van der Waals surface area contributed by atoms with Gasteiger partial charge in [0, 0.05) is 15.6 Å². The summed E-state index contributed by atoms with van der Waals surface area (Å²) in [6.07, 6.45) is 0.798. The van der Waals surface area contributed by atoms with Crippen molar-refractivity contribution in [2.45, 2.75) is 39.8 Å². The zero-order chi connectivity index (χ0) is 17.0. The van der Waals surface area contributed by atoms with E-state index in [1.807, 2.05) is 26.8 Å². The van der Waals surface area contributed by atoms with E-state index in [-0.39, 0.29) is 6.04 Å². The number of nitrogens with zero attached hydrogens (tertiary/aromatic N) is 2. The van der Waals surface area contributed by atoms with E-state index in [2.05, 4.69) is 15.5 Å². The first-order valence-electron chi connectivity index (χ1n) is 7.37. The van der Waals surface area contributed by atoms with Crippen LogP contribution in [0.15, 0.2) is 27.7 Å². The second-order valence-electron chi connectivity index (χ2n) is 5.25. The number of aromatic nitrogens is 1. The van der Waals surface area contributed by atoms with Gasteiger partial charge in [-0.3, -0.25) is 0 Å². The van der Waals surface area contributed by atoms with Crippen molar-refractivity contribution >= 4 is 29.2 Å². The summed E-state index contributed by atoms with van der Waals surface area (Å²) < 4.78 is 5.19. The van der Waals surface area contributed by atoms with Crippen molar-refractivity contribution in [1.29, 1.82) is 0 Å². The quantitative estimate of drug-likeness (QED) is 0.627.